The van der Waals surface area contributed by atoms with Gasteiger partial charge in [0.15, 0.2) is 5.96 Å². The summed E-state index contributed by atoms with van der Waals surface area (Å²) in [6, 6.07) is 3.11. The van der Waals surface area contributed by atoms with Gasteiger partial charge in [-0.05, 0) is 43.2 Å². The van der Waals surface area contributed by atoms with Crippen molar-refractivity contribution in [3.8, 4) is 0 Å². The first kappa shape index (κ1) is 15.2. The van der Waals surface area contributed by atoms with Crippen LogP contribution in [0.4, 0.5) is 14.5 Å². The monoisotopic (exact) mass is 309 g/mol. The molecule has 0 unspecified atom stereocenters. The summed E-state index contributed by atoms with van der Waals surface area (Å²) in [5, 5.41) is 12.2. The molecule has 0 aliphatic heterocycles. The number of anilines is 1. The summed E-state index contributed by atoms with van der Waals surface area (Å²) >= 11 is 0. The van der Waals surface area contributed by atoms with Gasteiger partial charge in [-0.1, -0.05) is 6.42 Å². The van der Waals surface area contributed by atoms with Gasteiger partial charge < -0.3 is 16.2 Å². The van der Waals surface area contributed by atoms with E-state index in [1.807, 2.05) is 0 Å². The highest BCUT2D eigenvalue weighted by atomic mass is 19.1. The zero-order valence-corrected chi connectivity index (χ0v) is 12.4. The molecule has 0 radical (unpaired) electrons. The minimum atomic E-state index is -0.589. The van der Waals surface area contributed by atoms with Gasteiger partial charge in [0.25, 0.3) is 0 Å². The molecule has 6 heteroatoms. The first-order valence-corrected chi connectivity index (χ1v) is 7.59. The fourth-order valence-corrected chi connectivity index (χ4v) is 3.87. The van der Waals surface area contributed by atoms with Crippen LogP contribution in [0.1, 0.15) is 32.1 Å². The predicted molar refractivity (Wildman–Crippen MR) is 81.5 cm³/mol. The van der Waals surface area contributed by atoms with E-state index in [2.05, 4.69) is 10.3 Å². The highest BCUT2D eigenvalue weighted by Crippen LogP contribution is 2.64. The summed E-state index contributed by atoms with van der Waals surface area (Å²) in [5.74, 6) is -1.10. The molecule has 4 N–H and O–H groups in total. The quantitative estimate of drug-likeness (QED) is 0.591. The van der Waals surface area contributed by atoms with Gasteiger partial charge in [0.1, 0.15) is 11.6 Å². The zero-order chi connectivity index (χ0) is 15.8. The second-order valence-corrected chi connectivity index (χ2v) is 6.82. The van der Waals surface area contributed by atoms with E-state index < -0.39 is 11.6 Å². The summed E-state index contributed by atoms with van der Waals surface area (Å²) in [5.41, 5.74) is 5.93. The number of guanidine groups is 1. The Morgan fingerprint density at radius 3 is 2.64 bits per heavy atom. The van der Waals surface area contributed by atoms with E-state index >= 15 is 0 Å². The van der Waals surface area contributed by atoms with E-state index in [9.17, 15) is 13.9 Å². The number of rotatable bonds is 4. The molecule has 2 aliphatic carbocycles. The molecular formula is C16H21F2N3O. The number of nitrogens with zero attached hydrogens (tertiary/aromatic N) is 1. The molecule has 0 saturated heterocycles. The van der Waals surface area contributed by atoms with Crippen molar-refractivity contribution in [1.29, 1.82) is 0 Å². The Balaban J connectivity index is 1.61. The van der Waals surface area contributed by atoms with E-state index in [1.54, 1.807) is 0 Å². The van der Waals surface area contributed by atoms with Gasteiger partial charge in [0, 0.05) is 11.5 Å². The SMILES string of the molecule is NC(=NCC1(CO)CC2(CCC2)C1)Nc1cc(F)ccc1F. The van der Waals surface area contributed by atoms with Crippen molar-refractivity contribution in [2.45, 2.75) is 32.1 Å². The highest BCUT2D eigenvalue weighted by Gasteiger charge is 2.56. The van der Waals surface area contributed by atoms with Crippen molar-refractivity contribution in [3.05, 3.63) is 29.8 Å². The normalized spacial score (nSPS) is 22.0. The molecule has 3 rings (SSSR count). The van der Waals surface area contributed by atoms with Crippen molar-refractivity contribution < 1.29 is 13.9 Å². The second-order valence-electron chi connectivity index (χ2n) is 6.82. The van der Waals surface area contributed by atoms with Crippen LogP contribution >= 0.6 is 0 Å². The number of aliphatic imine (C=N–C) groups is 1. The van der Waals surface area contributed by atoms with Gasteiger partial charge in [-0.3, -0.25) is 4.99 Å². The third-order valence-corrected chi connectivity index (χ3v) is 5.03. The molecule has 0 heterocycles. The van der Waals surface area contributed by atoms with Crippen molar-refractivity contribution >= 4 is 11.6 Å². The zero-order valence-electron chi connectivity index (χ0n) is 12.4. The minimum absolute atomic E-state index is 0.0342. The van der Waals surface area contributed by atoms with Crippen molar-refractivity contribution in [3.63, 3.8) is 0 Å². The number of nitrogens with two attached hydrogens (primary N) is 1. The number of halogens is 2. The molecule has 2 aliphatic rings. The summed E-state index contributed by atoms with van der Waals surface area (Å²) in [6.07, 6.45) is 5.69. The first-order valence-electron chi connectivity index (χ1n) is 7.59. The molecule has 120 valence electrons. The Morgan fingerprint density at radius 1 is 1.32 bits per heavy atom. The molecule has 1 aromatic carbocycles. The lowest BCUT2D eigenvalue weighted by atomic mass is 9.45. The van der Waals surface area contributed by atoms with Gasteiger partial charge in [-0.2, -0.15) is 0 Å². The minimum Gasteiger partial charge on any atom is -0.396 e. The summed E-state index contributed by atoms with van der Waals surface area (Å²) < 4.78 is 26.6. The van der Waals surface area contributed by atoms with Crippen LogP contribution in [0.5, 0.6) is 0 Å². The molecule has 0 bridgehead atoms. The number of hydrogen-bond donors (Lipinski definition) is 3. The van der Waals surface area contributed by atoms with Crippen LogP contribution in [0.2, 0.25) is 0 Å². The topological polar surface area (TPSA) is 70.6 Å². The largest absolute Gasteiger partial charge is 0.396 e. The van der Waals surface area contributed by atoms with Gasteiger partial charge in [-0.25, -0.2) is 8.78 Å². The van der Waals surface area contributed by atoms with Crippen LogP contribution < -0.4 is 11.1 Å². The summed E-state index contributed by atoms with van der Waals surface area (Å²) in [6.45, 7) is 0.487. The van der Waals surface area contributed by atoms with Crippen molar-refractivity contribution in [2.75, 3.05) is 18.5 Å². The molecule has 0 atom stereocenters. The van der Waals surface area contributed by atoms with Crippen molar-refractivity contribution in [2.24, 2.45) is 21.6 Å². The third kappa shape index (κ3) is 2.79. The molecule has 4 nitrogen and oxygen atoms in total. The molecule has 0 aromatic heterocycles. The third-order valence-electron chi connectivity index (χ3n) is 5.03. The number of aliphatic hydroxyl groups is 1. The molecule has 1 aromatic rings. The van der Waals surface area contributed by atoms with Crippen LogP contribution in [0.15, 0.2) is 23.2 Å². The van der Waals surface area contributed by atoms with Crippen LogP contribution in [-0.4, -0.2) is 24.2 Å². The number of nitrogens with one attached hydrogen (secondary N) is 1. The maximum Gasteiger partial charge on any atom is 0.193 e. The van der Waals surface area contributed by atoms with Gasteiger partial charge in [-0.15, -0.1) is 0 Å². The van der Waals surface area contributed by atoms with Gasteiger partial charge >= 0.3 is 0 Å². The lowest BCUT2D eigenvalue weighted by Crippen LogP contribution is -2.54. The van der Waals surface area contributed by atoms with Crippen LogP contribution in [0.3, 0.4) is 0 Å². The second kappa shape index (κ2) is 5.50. The van der Waals surface area contributed by atoms with Crippen molar-refractivity contribution in [1.82, 2.24) is 0 Å². The van der Waals surface area contributed by atoms with Gasteiger partial charge in [0.05, 0.1) is 18.8 Å². The average Bonchev–Trinajstić information content (AvgIpc) is 2.40. The van der Waals surface area contributed by atoms with Crippen LogP contribution in [0, 0.1) is 22.5 Å². The number of benzene rings is 1. The summed E-state index contributed by atoms with van der Waals surface area (Å²) in [7, 11) is 0. The Labute approximate surface area is 128 Å². The summed E-state index contributed by atoms with van der Waals surface area (Å²) in [4.78, 5) is 4.21. The molecule has 22 heavy (non-hydrogen) atoms. The maximum absolute atomic E-state index is 13.5. The molecule has 2 saturated carbocycles. The fourth-order valence-electron chi connectivity index (χ4n) is 3.87. The van der Waals surface area contributed by atoms with Crippen LogP contribution in [-0.2, 0) is 0 Å². The Kier molecular flexibility index (Phi) is 3.80. The first-order chi connectivity index (χ1) is 10.5. The highest BCUT2D eigenvalue weighted by molar-refractivity contribution is 5.92. The average molecular weight is 309 g/mol. The standard InChI is InChI=1S/C16H21F2N3O/c17-11-2-3-12(18)13(6-11)21-14(19)20-9-16(10-22)7-15(8-16)4-1-5-15/h2-3,6,22H,1,4-5,7-10H2,(H3,19,20,21). The molecule has 0 amide bonds. The maximum atomic E-state index is 13.5. The molecule has 1 spiro atoms. The van der Waals surface area contributed by atoms with E-state index in [1.165, 1.54) is 19.3 Å². The van der Waals surface area contributed by atoms with Gasteiger partial charge in [0.2, 0.25) is 0 Å². The molecular weight excluding hydrogens is 288 g/mol. The lowest BCUT2D eigenvalue weighted by molar-refractivity contribution is -0.114. The van der Waals surface area contributed by atoms with E-state index in [4.69, 9.17) is 5.73 Å². The Morgan fingerprint density at radius 2 is 2.05 bits per heavy atom. The fraction of sp³-hybridized carbons (Fsp3) is 0.562. The Hall–Kier alpha value is -1.69. The van der Waals surface area contributed by atoms with E-state index in [-0.39, 0.29) is 23.7 Å². The Bertz CT molecular complexity index is 591. The predicted octanol–water partition coefficient (Wildman–Crippen LogP) is 2.63. The lowest BCUT2D eigenvalue weighted by Gasteiger charge is -2.60. The van der Waals surface area contributed by atoms with Crippen LogP contribution in [0.25, 0.3) is 0 Å². The number of aliphatic hydroxyl groups excluding tert-OH is 1. The van der Waals surface area contributed by atoms with E-state index in [0.717, 1.165) is 31.0 Å². The van der Waals surface area contributed by atoms with E-state index in [0.29, 0.717) is 12.0 Å². The molecule has 2 fully saturated rings. The number of hydrogen-bond acceptors (Lipinski definition) is 2. The smallest absolute Gasteiger partial charge is 0.193 e.